The number of ether oxygens (including phenoxy) is 1. The van der Waals surface area contributed by atoms with E-state index in [1.165, 1.54) is 17.5 Å². The Morgan fingerprint density at radius 1 is 1.16 bits per heavy atom. The summed E-state index contributed by atoms with van der Waals surface area (Å²) in [5.74, 6) is 2.54. The van der Waals surface area contributed by atoms with Crippen molar-refractivity contribution < 1.29 is 9.53 Å². The van der Waals surface area contributed by atoms with Crippen LogP contribution < -0.4 is 0 Å². The van der Waals surface area contributed by atoms with Crippen LogP contribution in [-0.2, 0) is 16.0 Å². The third kappa shape index (κ3) is 2.12. The first kappa shape index (κ1) is 11.7. The maximum absolute atomic E-state index is 12.4. The average Bonchev–Trinajstić information content (AvgIpc) is 3.05. The first-order chi connectivity index (χ1) is 9.31. The topological polar surface area (TPSA) is 26.3 Å². The van der Waals surface area contributed by atoms with E-state index in [4.69, 9.17) is 4.74 Å². The van der Waals surface area contributed by atoms with Crippen LogP contribution in [0.5, 0.6) is 0 Å². The van der Waals surface area contributed by atoms with Gasteiger partial charge in [0.15, 0.2) is 0 Å². The second-order valence-corrected chi connectivity index (χ2v) is 6.40. The number of benzene rings is 1. The van der Waals surface area contributed by atoms with Crippen LogP contribution in [0.2, 0.25) is 0 Å². The standard InChI is InChI=1S/C17H20O2/c18-16(14-8-12-7-13(12)9-14)10-17-15-4-2-1-3-11(15)5-6-19-17/h1-4,12-14,17H,5-10H2. The Hall–Kier alpha value is -1.15. The summed E-state index contributed by atoms with van der Waals surface area (Å²) in [6, 6.07) is 8.42. The molecule has 0 bridgehead atoms. The van der Waals surface area contributed by atoms with E-state index in [0.29, 0.717) is 18.1 Å². The van der Waals surface area contributed by atoms with Crippen molar-refractivity contribution in [1.29, 1.82) is 0 Å². The highest BCUT2D eigenvalue weighted by Crippen LogP contribution is 2.55. The third-order valence-corrected chi connectivity index (χ3v) is 5.18. The number of ketones is 1. The zero-order valence-electron chi connectivity index (χ0n) is 11.2. The molecular weight excluding hydrogens is 236 g/mol. The van der Waals surface area contributed by atoms with Crippen LogP contribution in [0, 0.1) is 17.8 Å². The van der Waals surface area contributed by atoms with Gasteiger partial charge in [0.25, 0.3) is 0 Å². The summed E-state index contributed by atoms with van der Waals surface area (Å²) in [7, 11) is 0. The number of Topliss-reactive ketones (excluding diaryl/α,β-unsaturated/α-hetero) is 1. The van der Waals surface area contributed by atoms with Crippen molar-refractivity contribution in [3.63, 3.8) is 0 Å². The van der Waals surface area contributed by atoms with E-state index < -0.39 is 0 Å². The van der Waals surface area contributed by atoms with Crippen molar-refractivity contribution in [2.75, 3.05) is 6.61 Å². The highest BCUT2D eigenvalue weighted by Gasteiger charge is 2.48. The number of hydrogen-bond acceptors (Lipinski definition) is 2. The van der Waals surface area contributed by atoms with E-state index in [-0.39, 0.29) is 6.10 Å². The molecule has 0 radical (unpaired) electrons. The summed E-state index contributed by atoms with van der Waals surface area (Å²) in [6.45, 7) is 0.755. The Kier molecular flexibility index (Phi) is 2.73. The summed E-state index contributed by atoms with van der Waals surface area (Å²) in [4.78, 5) is 12.4. The van der Waals surface area contributed by atoms with Crippen molar-refractivity contribution in [2.24, 2.45) is 17.8 Å². The van der Waals surface area contributed by atoms with Gasteiger partial charge in [0.1, 0.15) is 5.78 Å². The molecule has 0 amide bonds. The molecule has 100 valence electrons. The lowest BCUT2D eigenvalue weighted by Gasteiger charge is -2.26. The van der Waals surface area contributed by atoms with Gasteiger partial charge in [-0.25, -0.2) is 0 Å². The molecule has 1 heterocycles. The summed E-state index contributed by atoms with van der Waals surface area (Å²) < 4.78 is 5.85. The normalized spacial score (nSPS) is 35.6. The summed E-state index contributed by atoms with van der Waals surface area (Å²) in [5, 5.41) is 0. The number of hydrogen-bond donors (Lipinski definition) is 0. The quantitative estimate of drug-likeness (QED) is 0.829. The fraction of sp³-hybridized carbons (Fsp3) is 0.588. The largest absolute Gasteiger partial charge is 0.373 e. The van der Waals surface area contributed by atoms with E-state index in [0.717, 1.165) is 37.7 Å². The van der Waals surface area contributed by atoms with Gasteiger partial charge in [-0.1, -0.05) is 24.3 Å². The zero-order valence-corrected chi connectivity index (χ0v) is 11.2. The van der Waals surface area contributed by atoms with Crippen molar-refractivity contribution in [2.45, 2.75) is 38.2 Å². The average molecular weight is 256 g/mol. The fourth-order valence-electron chi connectivity index (χ4n) is 3.97. The summed E-state index contributed by atoms with van der Waals surface area (Å²) in [6.07, 6.45) is 5.26. The molecule has 0 spiro atoms. The van der Waals surface area contributed by atoms with Gasteiger partial charge in [-0.15, -0.1) is 0 Å². The van der Waals surface area contributed by atoms with Gasteiger partial charge in [-0.3, -0.25) is 4.79 Å². The maximum atomic E-state index is 12.4. The van der Waals surface area contributed by atoms with E-state index in [9.17, 15) is 4.79 Å². The van der Waals surface area contributed by atoms with Crippen LogP contribution in [0.3, 0.4) is 0 Å². The number of carbonyl (C=O) groups excluding carboxylic acids is 1. The SMILES string of the molecule is O=C(CC1OCCc2ccccc21)C1CC2CC2C1. The second-order valence-electron chi connectivity index (χ2n) is 6.40. The lowest BCUT2D eigenvalue weighted by atomic mass is 9.89. The monoisotopic (exact) mass is 256 g/mol. The van der Waals surface area contributed by atoms with Crippen molar-refractivity contribution in [3.05, 3.63) is 35.4 Å². The molecule has 1 aromatic carbocycles. The van der Waals surface area contributed by atoms with Crippen LogP contribution >= 0.6 is 0 Å². The first-order valence-corrected chi connectivity index (χ1v) is 7.53. The number of fused-ring (bicyclic) bond motifs is 2. The molecule has 4 rings (SSSR count). The Labute approximate surface area is 114 Å². The molecule has 2 nitrogen and oxygen atoms in total. The Morgan fingerprint density at radius 2 is 1.95 bits per heavy atom. The van der Waals surface area contributed by atoms with Crippen molar-refractivity contribution in [3.8, 4) is 0 Å². The molecular formula is C17H20O2. The van der Waals surface area contributed by atoms with Gasteiger partial charge < -0.3 is 4.74 Å². The van der Waals surface area contributed by atoms with E-state index in [2.05, 4.69) is 24.3 Å². The molecule has 0 saturated heterocycles. The van der Waals surface area contributed by atoms with E-state index >= 15 is 0 Å². The summed E-state index contributed by atoms with van der Waals surface area (Å²) >= 11 is 0. The van der Waals surface area contributed by atoms with E-state index in [1.54, 1.807) is 0 Å². The van der Waals surface area contributed by atoms with Gasteiger partial charge in [0.2, 0.25) is 0 Å². The van der Waals surface area contributed by atoms with Crippen LogP contribution in [0.4, 0.5) is 0 Å². The number of carbonyl (C=O) groups is 1. The Bertz CT molecular complexity index is 498. The minimum atomic E-state index is 0.00868. The zero-order chi connectivity index (χ0) is 12.8. The Morgan fingerprint density at radius 3 is 2.79 bits per heavy atom. The van der Waals surface area contributed by atoms with Crippen molar-refractivity contribution >= 4 is 5.78 Å². The Balaban J connectivity index is 1.47. The molecule has 19 heavy (non-hydrogen) atoms. The predicted molar refractivity (Wildman–Crippen MR) is 72.8 cm³/mol. The lowest BCUT2D eigenvalue weighted by molar-refractivity contribution is -0.126. The lowest BCUT2D eigenvalue weighted by Crippen LogP contribution is -2.22. The third-order valence-electron chi connectivity index (χ3n) is 5.18. The van der Waals surface area contributed by atoms with E-state index in [1.807, 2.05) is 0 Å². The minimum absolute atomic E-state index is 0.00868. The van der Waals surface area contributed by atoms with Gasteiger partial charge in [0, 0.05) is 12.3 Å². The van der Waals surface area contributed by atoms with Crippen LogP contribution in [0.15, 0.2) is 24.3 Å². The molecule has 2 heteroatoms. The summed E-state index contributed by atoms with van der Waals surface area (Å²) in [5.41, 5.74) is 2.60. The van der Waals surface area contributed by atoms with Crippen molar-refractivity contribution in [1.82, 2.24) is 0 Å². The maximum Gasteiger partial charge on any atom is 0.138 e. The van der Waals surface area contributed by atoms with Gasteiger partial charge in [-0.2, -0.15) is 0 Å². The highest BCUT2D eigenvalue weighted by molar-refractivity contribution is 5.82. The highest BCUT2D eigenvalue weighted by atomic mass is 16.5. The molecule has 0 N–H and O–H groups in total. The molecule has 3 atom stereocenters. The molecule has 2 fully saturated rings. The number of rotatable bonds is 3. The molecule has 2 aliphatic carbocycles. The minimum Gasteiger partial charge on any atom is -0.373 e. The molecule has 1 aromatic rings. The molecule has 3 aliphatic rings. The smallest absolute Gasteiger partial charge is 0.138 e. The van der Waals surface area contributed by atoms with Gasteiger partial charge >= 0.3 is 0 Å². The van der Waals surface area contributed by atoms with Crippen LogP contribution in [0.25, 0.3) is 0 Å². The van der Waals surface area contributed by atoms with Gasteiger partial charge in [-0.05, 0) is 48.6 Å². The molecule has 2 saturated carbocycles. The van der Waals surface area contributed by atoms with Crippen LogP contribution in [-0.4, -0.2) is 12.4 Å². The molecule has 1 aliphatic heterocycles. The van der Waals surface area contributed by atoms with Gasteiger partial charge in [0.05, 0.1) is 12.7 Å². The first-order valence-electron chi connectivity index (χ1n) is 7.53. The predicted octanol–water partition coefficient (Wildman–Crippen LogP) is 3.31. The van der Waals surface area contributed by atoms with Crippen LogP contribution in [0.1, 0.15) is 42.9 Å². The fourth-order valence-corrected chi connectivity index (χ4v) is 3.97. The molecule has 3 unspecified atom stereocenters. The second kappa shape index (κ2) is 4.45. The molecule has 0 aromatic heterocycles.